The lowest BCUT2D eigenvalue weighted by molar-refractivity contribution is 0.145. The number of methoxy groups -OCH3 is 1. The van der Waals surface area contributed by atoms with E-state index in [9.17, 15) is 0 Å². The van der Waals surface area contributed by atoms with Gasteiger partial charge in [0.05, 0.1) is 7.11 Å². The van der Waals surface area contributed by atoms with Crippen LogP contribution in [0.3, 0.4) is 0 Å². The summed E-state index contributed by atoms with van der Waals surface area (Å²) in [4.78, 5) is 4.24. The SMILES string of the molecule is CCOCCCNC(=NC)NCCC(C)c1ccc(OC)cc1.I. The highest BCUT2D eigenvalue weighted by molar-refractivity contribution is 14.0. The van der Waals surface area contributed by atoms with Crippen molar-refractivity contribution < 1.29 is 9.47 Å². The summed E-state index contributed by atoms with van der Waals surface area (Å²) in [5.74, 6) is 2.24. The summed E-state index contributed by atoms with van der Waals surface area (Å²) in [5, 5.41) is 6.66. The van der Waals surface area contributed by atoms with Crippen LogP contribution < -0.4 is 15.4 Å². The lowest BCUT2D eigenvalue weighted by Gasteiger charge is -2.15. The van der Waals surface area contributed by atoms with Crippen molar-refractivity contribution in [2.75, 3.05) is 40.5 Å². The molecule has 0 aliphatic rings. The molecule has 1 rings (SSSR count). The van der Waals surface area contributed by atoms with Gasteiger partial charge in [0.15, 0.2) is 5.96 Å². The second kappa shape index (κ2) is 14.3. The molecule has 0 aliphatic heterocycles. The fraction of sp³-hybridized carbons (Fsp3) is 0.611. The van der Waals surface area contributed by atoms with Crippen LogP contribution in [0.25, 0.3) is 0 Å². The molecule has 0 amide bonds. The van der Waals surface area contributed by atoms with Gasteiger partial charge in [0.1, 0.15) is 5.75 Å². The second-order valence-corrected chi connectivity index (χ2v) is 5.44. The molecule has 0 saturated carbocycles. The summed E-state index contributed by atoms with van der Waals surface area (Å²) in [5.41, 5.74) is 1.33. The Bertz CT molecular complexity index is 452. The fourth-order valence-electron chi connectivity index (χ4n) is 2.25. The molecule has 24 heavy (non-hydrogen) atoms. The van der Waals surface area contributed by atoms with E-state index in [1.165, 1.54) is 5.56 Å². The number of nitrogens with one attached hydrogen (secondary N) is 2. The van der Waals surface area contributed by atoms with E-state index in [2.05, 4.69) is 34.7 Å². The third-order valence-electron chi connectivity index (χ3n) is 3.74. The van der Waals surface area contributed by atoms with Gasteiger partial charge >= 0.3 is 0 Å². The first kappa shape index (κ1) is 23.0. The monoisotopic (exact) mass is 449 g/mol. The molecule has 0 aliphatic carbocycles. The Labute approximate surface area is 163 Å². The number of aliphatic imine (C=N–C) groups is 1. The van der Waals surface area contributed by atoms with Crippen molar-refractivity contribution in [1.29, 1.82) is 0 Å². The summed E-state index contributed by atoms with van der Waals surface area (Å²) in [6.45, 7) is 7.57. The quantitative estimate of drug-likeness (QED) is 0.249. The summed E-state index contributed by atoms with van der Waals surface area (Å²) in [7, 11) is 3.49. The molecule has 0 aromatic heterocycles. The van der Waals surface area contributed by atoms with Crippen LogP contribution in [0, 0.1) is 0 Å². The van der Waals surface area contributed by atoms with Crippen LogP contribution in [0.2, 0.25) is 0 Å². The number of ether oxygens (including phenoxy) is 2. The van der Waals surface area contributed by atoms with Crippen molar-refractivity contribution in [2.24, 2.45) is 4.99 Å². The van der Waals surface area contributed by atoms with Crippen LogP contribution >= 0.6 is 24.0 Å². The Morgan fingerprint density at radius 3 is 2.42 bits per heavy atom. The molecule has 6 heteroatoms. The van der Waals surface area contributed by atoms with Gasteiger partial charge in [-0.2, -0.15) is 0 Å². The summed E-state index contributed by atoms with van der Waals surface area (Å²) >= 11 is 0. The smallest absolute Gasteiger partial charge is 0.190 e. The Morgan fingerprint density at radius 2 is 1.83 bits per heavy atom. The zero-order valence-corrected chi connectivity index (χ0v) is 17.6. The minimum absolute atomic E-state index is 0. The van der Waals surface area contributed by atoms with E-state index in [1.54, 1.807) is 14.2 Å². The zero-order valence-electron chi connectivity index (χ0n) is 15.3. The molecule has 1 atom stereocenters. The molecule has 0 radical (unpaired) electrons. The molecule has 0 fully saturated rings. The number of guanidine groups is 1. The predicted octanol–water partition coefficient (Wildman–Crippen LogP) is 3.40. The van der Waals surface area contributed by atoms with Gasteiger partial charge in [-0.05, 0) is 43.4 Å². The number of benzene rings is 1. The Hall–Kier alpha value is -1.02. The molecule has 0 bridgehead atoms. The maximum atomic E-state index is 5.32. The molecular weight excluding hydrogens is 417 g/mol. The molecule has 0 saturated heterocycles. The molecule has 0 spiro atoms. The van der Waals surface area contributed by atoms with Gasteiger partial charge < -0.3 is 20.1 Å². The lowest BCUT2D eigenvalue weighted by Crippen LogP contribution is -2.38. The average molecular weight is 449 g/mol. The van der Waals surface area contributed by atoms with Gasteiger partial charge in [-0.1, -0.05) is 19.1 Å². The van der Waals surface area contributed by atoms with Gasteiger partial charge in [-0.25, -0.2) is 0 Å². The summed E-state index contributed by atoms with van der Waals surface area (Å²) in [6.07, 6.45) is 2.03. The molecule has 5 nitrogen and oxygen atoms in total. The van der Waals surface area contributed by atoms with E-state index in [0.717, 1.165) is 50.9 Å². The van der Waals surface area contributed by atoms with E-state index < -0.39 is 0 Å². The molecule has 1 unspecified atom stereocenters. The van der Waals surface area contributed by atoms with E-state index in [-0.39, 0.29) is 24.0 Å². The summed E-state index contributed by atoms with van der Waals surface area (Å²) < 4.78 is 10.5. The first-order chi connectivity index (χ1) is 11.2. The van der Waals surface area contributed by atoms with Crippen LogP contribution in [0.5, 0.6) is 5.75 Å². The average Bonchev–Trinajstić information content (AvgIpc) is 2.59. The highest BCUT2D eigenvalue weighted by Gasteiger charge is 2.06. The molecular formula is C18H32IN3O2. The topological polar surface area (TPSA) is 54.9 Å². The third kappa shape index (κ3) is 9.32. The van der Waals surface area contributed by atoms with Gasteiger partial charge in [-0.3, -0.25) is 4.99 Å². The second-order valence-electron chi connectivity index (χ2n) is 5.44. The van der Waals surface area contributed by atoms with Crippen molar-refractivity contribution in [2.45, 2.75) is 32.6 Å². The van der Waals surface area contributed by atoms with E-state index in [0.29, 0.717) is 5.92 Å². The minimum atomic E-state index is 0. The van der Waals surface area contributed by atoms with Crippen LogP contribution in [-0.4, -0.2) is 46.4 Å². The Kier molecular flexibility index (Phi) is 13.7. The molecule has 2 N–H and O–H groups in total. The standard InChI is InChI=1S/C18H31N3O2.HI/c1-5-23-14-6-12-20-18(19-3)21-13-11-15(2)16-7-9-17(22-4)10-8-16;/h7-10,15H,5-6,11-14H2,1-4H3,(H2,19,20,21);1H. The third-order valence-corrected chi connectivity index (χ3v) is 3.74. The maximum Gasteiger partial charge on any atom is 0.190 e. The van der Waals surface area contributed by atoms with Crippen LogP contribution in [-0.2, 0) is 4.74 Å². The van der Waals surface area contributed by atoms with Gasteiger partial charge in [-0.15, -0.1) is 24.0 Å². The van der Waals surface area contributed by atoms with Crippen molar-refractivity contribution in [3.63, 3.8) is 0 Å². The molecule has 0 heterocycles. The normalized spacial score (nSPS) is 12.2. The largest absolute Gasteiger partial charge is 0.497 e. The van der Waals surface area contributed by atoms with Crippen LogP contribution in [0.15, 0.2) is 29.3 Å². The van der Waals surface area contributed by atoms with Gasteiger partial charge in [0.25, 0.3) is 0 Å². The van der Waals surface area contributed by atoms with E-state index in [4.69, 9.17) is 9.47 Å². The highest BCUT2D eigenvalue weighted by Crippen LogP contribution is 2.21. The molecule has 1 aromatic rings. The number of nitrogens with zero attached hydrogens (tertiary/aromatic N) is 1. The van der Waals surface area contributed by atoms with Crippen LogP contribution in [0.1, 0.15) is 38.2 Å². The van der Waals surface area contributed by atoms with E-state index in [1.807, 2.05) is 19.1 Å². The minimum Gasteiger partial charge on any atom is -0.497 e. The molecule has 1 aromatic carbocycles. The van der Waals surface area contributed by atoms with Gasteiger partial charge in [0.2, 0.25) is 0 Å². The fourth-order valence-corrected chi connectivity index (χ4v) is 2.25. The molecule has 138 valence electrons. The summed E-state index contributed by atoms with van der Waals surface area (Å²) in [6, 6.07) is 8.28. The van der Waals surface area contributed by atoms with E-state index >= 15 is 0 Å². The van der Waals surface area contributed by atoms with Crippen molar-refractivity contribution in [3.05, 3.63) is 29.8 Å². The number of hydrogen-bond donors (Lipinski definition) is 2. The van der Waals surface area contributed by atoms with Crippen molar-refractivity contribution in [3.8, 4) is 5.75 Å². The van der Waals surface area contributed by atoms with Crippen molar-refractivity contribution >= 4 is 29.9 Å². The number of rotatable bonds is 10. The lowest BCUT2D eigenvalue weighted by atomic mass is 9.98. The Morgan fingerprint density at radius 1 is 1.17 bits per heavy atom. The van der Waals surface area contributed by atoms with Crippen LogP contribution in [0.4, 0.5) is 0 Å². The number of halogens is 1. The zero-order chi connectivity index (χ0) is 16.9. The number of hydrogen-bond acceptors (Lipinski definition) is 3. The Balaban J connectivity index is 0.00000529. The van der Waals surface area contributed by atoms with Gasteiger partial charge in [0, 0.05) is 33.4 Å². The van der Waals surface area contributed by atoms with Crippen molar-refractivity contribution in [1.82, 2.24) is 10.6 Å². The highest BCUT2D eigenvalue weighted by atomic mass is 127. The first-order valence-corrected chi connectivity index (χ1v) is 8.37. The first-order valence-electron chi connectivity index (χ1n) is 8.37. The maximum absolute atomic E-state index is 5.32. The predicted molar refractivity (Wildman–Crippen MR) is 112 cm³/mol.